The third kappa shape index (κ3) is 3.83. The van der Waals surface area contributed by atoms with Gasteiger partial charge in [0, 0.05) is 16.0 Å². The number of hydrogen-bond donors (Lipinski definition) is 1. The highest BCUT2D eigenvalue weighted by Crippen LogP contribution is 2.44. The van der Waals surface area contributed by atoms with E-state index in [4.69, 9.17) is 10.5 Å². The molecule has 2 aromatic carbocycles. The van der Waals surface area contributed by atoms with Crippen LogP contribution in [0.15, 0.2) is 53.7 Å². The van der Waals surface area contributed by atoms with Crippen LogP contribution in [0.4, 0.5) is 10.2 Å². The summed E-state index contributed by atoms with van der Waals surface area (Å²) in [5.41, 5.74) is 8.37. The molecule has 1 saturated carbocycles. The van der Waals surface area contributed by atoms with Gasteiger partial charge in [-0.2, -0.15) is 0 Å². The van der Waals surface area contributed by atoms with E-state index in [9.17, 15) is 0 Å². The summed E-state index contributed by atoms with van der Waals surface area (Å²) in [6, 6.07) is 11.9. The topological polar surface area (TPSA) is 61.0 Å². The molecule has 1 aliphatic carbocycles. The van der Waals surface area contributed by atoms with E-state index < -0.39 is 0 Å². The molecule has 0 bridgehead atoms. The van der Waals surface area contributed by atoms with Gasteiger partial charge in [-0.3, -0.25) is 4.98 Å². The highest BCUT2D eigenvalue weighted by molar-refractivity contribution is 7.98. The highest BCUT2D eigenvalue weighted by Gasteiger charge is 2.27. The summed E-state index contributed by atoms with van der Waals surface area (Å²) in [6.07, 6.45) is 8.27. The zero-order chi connectivity index (χ0) is 19.5. The number of benzene rings is 2. The second-order valence-electron chi connectivity index (χ2n) is 6.94. The van der Waals surface area contributed by atoms with Crippen LogP contribution >= 0.6 is 11.8 Å². The largest absolute Gasteiger partial charge is 0.486 e. The maximum absolute atomic E-state index is 15.4. The van der Waals surface area contributed by atoms with Crippen molar-refractivity contribution in [2.75, 3.05) is 12.0 Å². The third-order valence-electron chi connectivity index (χ3n) is 5.16. The van der Waals surface area contributed by atoms with Crippen molar-refractivity contribution < 1.29 is 9.13 Å². The molecular weight excluding hydrogens is 373 g/mol. The van der Waals surface area contributed by atoms with Crippen molar-refractivity contribution in [2.45, 2.75) is 36.7 Å². The molecule has 0 spiro atoms. The molecule has 144 valence electrons. The summed E-state index contributed by atoms with van der Waals surface area (Å²) in [7, 11) is 0. The molecule has 0 unspecified atom stereocenters. The minimum atomic E-state index is -0.385. The van der Waals surface area contributed by atoms with E-state index in [1.807, 2.05) is 36.6 Å². The number of nitrogen functional groups attached to an aromatic ring is 1. The highest BCUT2D eigenvalue weighted by atomic mass is 32.2. The van der Waals surface area contributed by atoms with Gasteiger partial charge in [0.1, 0.15) is 12.4 Å². The zero-order valence-corrected chi connectivity index (χ0v) is 16.5. The Labute approximate surface area is 168 Å². The Hall–Kier alpha value is -2.60. The monoisotopic (exact) mass is 395 g/mol. The van der Waals surface area contributed by atoms with Crippen molar-refractivity contribution in [1.82, 2.24) is 9.97 Å². The zero-order valence-electron chi connectivity index (χ0n) is 15.7. The van der Waals surface area contributed by atoms with Gasteiger partial charge in [0.25, 0.3) is 0 Å². The van der Waals surface area contributed by atoms with E-state index in [-0.39, 0.29) is 5.82 Å². The minimum absolute atomic E-state index is 0.306. The second kappa shape index (κ2) is 8.19. The van der Waals surface area contributed by atoms with Gasteiger partial charge in [-0.1, -0.05) is 24.6 Å². The van der Waals surface area contributed by atoms with Crippen LogP contribution in [-0.4, -0.2) is 16.2 Å². The predicted octanol–water partition coefficient (Wildman–Crippen LogP) is 5.43. The van der Waals surface area contributed by atoms with E-state index in [0.29, 0.717) is 35.3 Å². The molecular formula is C22H22FN3OS. The van der Waals surface area contributed by atoms with Gasteiger partial charge in [0.2, 0.25) is 0 Å². The summed E-state index contributed by atoms with van der Waals surface area (Å²) in [4.78, 5) is 9.43. The standard InChI is InChI=1S/C22H22FN3OS/c1-28-16-7-5-14(6-8-16)13-27-22-17(15-3-2-4-15)9-10-18(21(22)23)19-11-26-20(24)12-25-19/h5-12,15H,2-4,13H2,1H3,(H2,24,26). The maximum Gasteiger partial charge on any atom is 0.174 e. The molecule has 28 heavy (non-hydrogen) atoms. The summed E-state index contributed by atoms with van der Waals surface area (Å²) in [5.74, 6) is 0.606. The molecule has 1 aromatic heterocycles. The first-order valence-electron chi connectivity index (χ1n) is 9.31. The van der Waals surface area contributed by atoms with Crippen LogP contribution in [0.2, 0.25) is 0 Å². The lowest BCUT2D eigenvalue weighted by atomic mass is 9.79. The Morgan fingerprint density at radius 2 is 1.89 bits per heavy atom. The van der Waals surface area contributed by atoms with Crippen LogP contribution in [0.3, 0.4) is 0 Å². The van der Waals surface area contributed by atoms with E-state index in [1.54, 1.807) is 17.8 Å². The molecule has 0 saturated heterocycles. The molecule has 1 heterocycles. The van der Waals surface area contributed by atoms with E-state index in [0.717, 1.165) is 24.0 Å². The number of halogens is 1. The summed E-state index contributed by atoms with van der Waals surface area (Å²) in [5, 5.41) is 0. The molecule has 4 nitrogen and oxygen atoms in total. The lowest BCUT2D eigenvalue weighted by Gasteiger charge is -2.28. The van der Waals surface area contributed by atoms with Crippen LogP contribution in [0.5, 0.6) is 5.75 Å². The Morgan fingerprint density at radius 1 is 1.11 bits per heavy atom. The minimum Gasteiger partial charge on any atom is -0.486 e. The fourth-order valence-electron chi connectivity index (χ4n) is 3.31. The molecule has 3 aromatic rings. The van der Waals surface area contributed by atoms with Gasteiger partial charge < -0.3 is 10.5 Å². The Balaban J connectivity index is 1.65. The number of nitrogens with two attached hydrogens (primary N) is 1. The lowest BCUT2D eigenvalue weighted by molar-refractivity contribution is 0.278. The summed E-state index contributed by atoms with van der Waals surface area (Å²) in [6.45, 7) is 0.322. The molecule has 6 heteroatoms. The van der Waals surface area contributed by atoms with Crippen molar-refractivity contribution in [2.24, 2.45) is 0 Å². The fraction of sp³-hybridized carbons (Fsp3) is 0.273. The Kier molecular flexibility index (Phi) is 5.48. The van der Waals surface area contributed by atoms with Gasteiger partial charge in [0.05, 0.1) is 18.1 Å². The van der Waals surface area contributed by atoms with Crippen molar-refractivity contribution in [3.8, 4) is 17.0 Å². The molecule has 1 aliphatic rings. The van der Waals surface area contributed by atoms with Gasteiger partial charge in [-0.25, -0.2) is 9.37 Å². The van der Waals surface area contributed by atoms with Crippen LogP contribution in [0.1, 0.15) is 36.3 Å². The molecule has 0 radical (unpaired) electrons. The number of ether oxygens (including phenoxy) is 1. The number of rotatable bonds is 6. The average Bonchev–Trinajstić information content (AvgIpc) is 2.68. The Bertz CT molecular complexity index is 957. The van der Waals surface area contributed by atoms with Gasteiger partial charge in [-0.15, -0.1) is 11.8 Å². The van der Waals surface area contributed by atoms with Crippen LogP contribution < -0.4 is 10.5 Å². The van der Waals surface area contributed by atoms with Gasteiger partial charge in [0.15, 0.2) is 11.6 Å². The fourth-order valence-corrected chi connectivity index (χ4v) is 3.72. The predicted molar refractivity (Wildman–Crippen MR) is 111 cm³/mol. The smallest absolute Gasteiger partial charge is 0.174 e. The SMILES string of the molecule is CSc1ccc(COc2c(C3CCC3)ccc(-c3cnc(N)cn3)c2F)cc1. The summed E-state index contributed by atoms with van der Waals surface area (Å²) < 4.78 is 21.4. The first kappa shape index (κ1) is 18.7. The van der Waals surface area contributed by atoms with Crippen molar-refractivity contribution >= 4 is 17.6 Å². The van der Waals surface area contributed by atoms with Crippen molar-refractivity contribution in [1.29, 1.82) is 0 Å². The lowest BCUT2D eigenvalue weighted by Crippen LogP contribution is -2.12. The van der Waals surface area contributed by atoms with Crippen LogP contribution in [-0.2, 0) is 6.61 Å². The maximum atomic E-state index is 15.4. The normalized spacial score (nSPS) is 13.9. The first-order valence-corrected chi connectivity index (χ1v) is 10.5. The van der Waals surface area contributed by atoms with Crippen molar-refractivity contribution in [3.63, 3.8) is 0 Å². The molecule has 4 rings (SSSR count). The molecule has 0 aliphatic heterocycles. The van der Waals surface area contributed by atoms with Crippen molar-refractivity contribution in [3.05, 3.63) is 65.7 Å². The molecule has 2 N–H and O–H groups in total. The number of anilines is 1. The molecule has 0 atom stereocenters. The number of hydrogen-bond acceptors (Lipinski definition) is 5. The number of aromatic nitrogens is 2. The molecule has 0 amide bonds. The third-order valence-corrected chi connectivity index (χ3v) is 5.91. The molecule has 1 fully saturated rings. The quantitative estimate of drug-likeness (QED) is 0.564. The van der Waals surface area contributed by atoms with Crippen LogP contribution in [0, 0.1) is 5.82 Å². The Morgan fingerprint density at radius 3 is 2.50 bits per heavy atom. The average molecular weight is 396 g/mol. The van der Waals surface area contributed by atoms with Gasteiger partial charge in [-0.05, 0) is 48.8 Å². The van der Waals surface area contributed by atoms with E-state index in [2.05, 4.69) is 9.97 Å². The van der Waals surface area contributed by atoms with Gasteiger partial charge >= 0.3 is 0 Å². The second-order valence-corrected chi connectivity index (χ2v) is 7.82. The first-order chi connectivity index (χ1) is 13.7. The van der Waals surface area contributed by atoms with Crippen LogP contribution in [0.25, 0.3) is 11.3 Å². The van der Waals surface area contributed by atoms with E-state index in [1.165, 1.54) is 23.7 Å². The number of thioether (sulfide) groups is 1. The summed E-state index contributed by atoms with van der Waals surface area (Å²) >= 11 is 1.69. The van der Waals surface area contributed by atoms with E-state index >= 15 is 4.39 Å². The number of nitrogens with zero attached hydrogens (tertiary/aromatic N) is 2.